The first-order chi connectivity index (χ1) is 8.60. The largest absolute Gasteiger partial charge is 0.300 e. The van der Waals surface area contributed by atoms with Crippen molar-refractivity contribution in [3.8, 4) is 0 Å². The quantitative estimate of drug-likeness (QED) is 0.645. The zero-order chi connectivity index (χ0) is 15.1. The minimum absolute atomic E-state index is 0.139. The fraction of sp³-hybridized carbons (Fsp3) is 0.857. The summed E-state index contributed by atoms with van der Waals surface area (Å²) in [7, 11) is -2.47. The van der Waals surface area contributed by atoms with Crippen LogP contribution in [0.3, 0.4) is 0 Å². The van der Waals surface area contributed by atoms with Crippen LogP contribution in [0.4, 0.5) is 0 Å². The molecule has 1 atom stereocenters. The summed E-state index contributed by atoms with van der Waals surface area (Å²) in [4.78, 5) is 22.8. The Kier molecular flexibility index (Phi) is 7.49. The number of carbonyl (C=O) groups excluding carboxylic acids is 2. The molecule has 1 amide bonds. The Morgan fingerprint density at radius 2 is 1.79 bits per heavy atom. The molecular formula is C14H27NO3S. The van der Waals surface area contributed by atoms with E-state index in [1.807, 2.05) is 20.8 Å². The summed E-state index contributed by atoms with van der Waals surface area (Å²) in [6.07, 6.45) is 5.06. The number of unbranched alkanes of at least 4 members (excludes halogenated alkanes) is 1. The molecule has 0 aromatic heterocycles. The monoisotopic (exact) mass is 289 g/mol. The summed E-state index contributed by atoms with van der Waals surface area (Å²) >= 11 is 0. The number of hydrogen-bond donors (Lipinski definition) is 0. The van der Waals surface area contributed by atoms with Crippen molar-refractivity contribution < 1.29 is 13.8 Å². The molecule has 0 spiro atoms. The number of rotatable bonds is 8. The van der Waals surface area contributed by atoms with E-state index >= 15 is 0 Å². The lowest BCUT2D eigenvalue weighted by atomic mass is 9.87. The Morgan fingerprint density at radius 1 is 1.21 bits per heavy atom. The van der Waals surface area contributed by atoms with Gasteiger partial charge in [-0.25, -0.2) is 4.21 Å². The molecular weight excluding hydrogens is 262 g/mol. The third kappa shape index (κ3) is 8.14. The number of ketones is 1. The molecule has 112 valence electrons. The van der Waals surface area contributed by atoms with Crippen molar-refractivity contribution in [2.75, 3.05) is 12.0 Å². The topological polar surface area (TPSA) is 63.6 Å². The maximum absolute atomic E-state index is 12.2. The highest BCUT2D eigenvalue weighted by Crippen LogP contribution is 2.24. The predicted molar refractivity (Wildman–Crippen MR) is 79.6 cm³/mol. The number of Topliss-reactive ketones (excluding diaryl/α,β-unsaturated/α-hetero) is 1. The van der Waals surface area contributed by atoms with E-state index in [1.165, 1.54) is 6.26 Å². The van der Waals surface area contributed by atoms with Crippen molar-refractivity contribution in [3.05, 3.63) is 0 Å². The van der Waals surface area contributed by atoms with Gasteiger partial charge in [-0.3, -0.25) is 4.79 Å². The third-order valence-electron chi connectivity index (χ3n) is 3.03. The van der Waals surface area contributed by atoms with Crippen molar-refractivity contribution in [2.45, 2.75) is 59.8 Å². The fourth-order valence-corrected chi connectivity index (χ4v) is 3.25. The maximum atomic E-state index is 12.2. The molecule has 0 rings (SSSR count). The number of carbonyl (C=O) groups is 2. The van der Waals surface area contributed by atoms with Crippen LogP contribution in [0.15, 0.2) is 4.36 Å². The van der Waals surface area contributed by atoms with Gasteiger partial charge in [0, 0.05) is 23.8 Å². The van der Waals surface area contributed by atoms with E-state index < -0.39 is 15.1 Å². The molecule has 0 aliphatic carbocycles. The number of amides is 1. The summed E-state index contributed by atoms with van der Waals surface area (Å²) in [5.41, 5.74) is -0.535. The Hall–Kier alpha value is -0.710. The molecule has 0 heterocycles. The molecule has 5 heteroatoms. The van der Waals surface area contributed by atoms with Crippen LogP contribution in [0.5, 0.6) is 0 Å². The van der Waals surface area contributed by atoms with Crippen LogP contribution >= 0.6 is 0 Å². The van der Waals surface area contributed by atoms with Gasteiger partial charge in [-0.05, 0) is 26.2 Å². The lowest BCUT2D eigenvalue weighted by Crippen LogP contribution is -2.23. The first-order valence-electron chi connectivity index (χ1n) is 6.84. The van der Waals surface area contributed by atoms with Crippen LogP contribution in [0, 0.1) is 5.41 Å². The first kappa shape index (κ1) is 18.3. The molecule has 0 fully saturated rings. The highest BCUT2D eigenvalue weighted by atomic mass is 32.2. The smallest absolute Gasteiger partial charge is 0.259 e. The molecule has 0 aliphatic rings. The summed E-state index contributed by atoms with van der Waals surface area (Å²) in [6, 6.07) is 0. The van der Waals surface area contributed by atoms with Gasteiger partial charge in [-0.1, -0.05) is 27.2 Å². The molecule has 0 saturated heterocycles. The van der Waals surface area contributed by atoms with Crippen molar-refractivity contribution in [1.82, 2.24) is 0 Å². The van der Waals surface area contributed by atoms with Gasteiger partial charge in [0.15, 0.2) is 0 Å². The Labute approximate surface area is 117 Å². The van der Waals surface area contributed by atoms with Crippen LogP contribution in [0.2, 0.25) is 0 Å². The number of hydrogen-bond acceptors (Lipinski definition) is 3. The highest BCUT2D eigenvalue weighted by molar-refractivity contribution is 7.93. The van der Waals surface area contributed by atoms with E-state index in [-0.39, 0.29) is 11.7 Å². The zero-order valence-electron chi connectivity index (χ0n) is 12.8. The van der Waals surface area contributed by atoms with Gasteiger partial charge in [0.05, 0.1) is 9.73 Å². The molecule has 19 heavy (non-hydrogen) atoms. The van der Waals surface area contributed by atoms with E-state index in [9.17, 15) is 13.8 Å². The van der Waals surface area contributed by atoms with Crippen molar-refractivity contribution in [3.63, 3.8) is 0 Å². The standard InChI is InChI=1S/C14H27NO3S/c1-6-10-14(3,4)13(17)15-19(5,18)11-8-7-9-12(2)16/h6-11H2,1-5H3. The van der Waals surface area contributed by atoms with E-state index in [4.69, 9.17) is 0 Å². The van der Waals surface area contributed by atoms with Gasteiger partial charge >= 0.3 is 0 Å². The average molecular weight is 289 g/mol. The van der Waals surface area contributed by atoms with Gasteiger partial charge in [0.25, 0.3) is 5.91 Å². The molecule has 4 nitrogen and oxygen atoms in total. The average Bonchev–Trinajstić information content (AvgIpc) is 2.23. The molecule has 0 bridgehead atoms. The molecule has 0 saturated carbocycles. The van der Waals surface area contributed by atoms with Gasteiger partial charge in [0.2, 0.25) is 0 Å². The van der Waals surface area contributed by atoms with Gasteiger partial charge < -0.3 is 4.79 Å². The van der Waals surface area contributed by atoms with Crippen molar-refractivity contribution in [1.29, 1.82) is 0 Å². The van der Waals surface area contributed by atoms with E-state index in [1.54, 1.807) is 6.92 Å². The second kappa shape index (κ2) is 7.78. The van der Waals surface area contributed by atoms with E-state index in [0.717, 1.165) is 12.8 Å². The lowest BCUT2D eigenvalue weighted by Gasteiger charge is -2.19. The summed E-state index contributed by atoms with van der Waals surface area (Å²) in [5.74, 6) is 0.252. The second-order valence-electron chi connectivity index (χ2n) is 5.85. The maximum Gasteiger partial charge on any atom is 0.259 e. The highest BCUT2D eigenvalue weighted by Gasteiger charge is 2.27. The summed E-state index contributed by atoms with van der Waals surface area (Å²) in [5, 5.41) is 0. The Bertz CT molecular complexity index is 432. The lowest BCUT2D eigenvalue weighted by molar-refractivity contribution is -0.125. The van der Waals surface area contributed by atoms with Crippen LogP contribution in [0.1, 0.15) is 59.8 Å². The first-order valence-corrected chi connectivity index (χ1v) is 8.93. The van der Waals surface area contributed by atoms with Crippen molar-refractivity contribution in [2.24, 2.45) is 9.78 Å². The predicted octanol–water partition coefficient (Wildman–Crippen LogP) is 3.20. The molecule has 0 N–H and O–H groups in total. The summed E-state index contributed by atoms with van der Waals surface area (Å²) < 4.78 is 16.1. The molecule has 0 aromatic rings. The van der Waals surface area contributed by atoms with Crippen LogP contribution < -0.4 is 0 Å². The van der Waals surface area contributed by atoms with Gasteiger partial charge in [-0.2, -0.15) is 4.36 Å². The zero-order valence-corrected chi connectivity index (χ0v) is 13.6. The summed E-state index contributed by atoms with van der Waals surface area (Å²) in [6.45, 7) is 7.24. The molecule has 0 aromatic carbocycles. The third-order valence-corrected chi connectivity index (χ3v) is 4.63. The van der Waals surface area contributed by atoms with Crippen LogP contribution in [-0.2, 0) is 19.3 Å². The fourth-order valence-electron chi connectivity index (χ4n) is 1.82. The SMILES string of the molecule is CCCC(C)(C)C(=O)N=S(C)(=O)CCCCC(C)=O. The van der Waals surface area contributed by atoms with Crippen LogP contribution in [-0.4, -0.2) is 27.9 Å². The van der Waals surface area contributed by atoms with Crippen LogP contribution in [0.25, 0.3) is 0 Å². The van der Waals surface area contributed by atoms with Gasteiger partial charge in [-0.15, -0.1) is 0 Å². The van der Waals surface area contributed by atoms with Crippen molar-refractivity contribution >= 4 is 21.4 Å². The molecule has 0 radical (unpaired) electrons. The van der Waals surface area contributed by atoms with Gasteiger partial charge in [0.1, 0.15) is 5.78 Å². The minimum atomic E-state index is -2.47. The minimum Gasteiger partial charge on any atom is -0.300 e. The van der Waals surface area contributed by atoms with E-state index in [2.05, 4.69) is 4.36 Å². The Morgan fingerprint density at radius 3 is 2.26 bits per heavy atom. The normalized spacial score (nSPS) is 14.8. The number of nitrogens with zero attached hydrogens (tertiary/aromatic N) is 1. The Balaban J connectivity index is 4.54. The van der Waals surface area contributed by atoms with E-state index in [0.29, 0.717) is 25.0 Å². The molecule has 0 aliphatic heterocycles. The molecule has 1 unspecified atom stereocenters. The second-order valence-corrected chi connectivity index (χ2v) is 8.36.